The standard InChI is InChI=1S/C30H32N4O4S/c1-20-8-7-11-25(16-20)39(36,37)34-27-14-12-21(2)26(30(27)38-19-23-9-5-4-6-10-23)17-29(35)32-18-24-13-15-28(31)33-22(24)3/h4-16,34H,17-19H2,1-3H3,(H2,31,33)(H,32,35). The number of nitrogens with two attached hydrogens (primary N) is 1. The molecule has 0 aliphatic heterocycles. The van der Waals surface area contributed by atoms with Crippen molar-refractivity contribution in [2.45, 2.75) is 45.2 Å². The van der Waals surface area contributed by atoms with E-state index in [0.717, 1.165) is 27.9 Å². The monoisotopic (exact) mass is 544 g/mol. The molecule has 0 unspecified atom stereocenters. The largest absolute Gasteiger partial charge is 0.486 e. The maximum Gasteiger partial charge on any atom is 0.262 e. The quantitative estimate of drug-likeness (QED) is 0.263. The highest BCUT2D eigenvalue weighted by atomic mass is 32.2. The van der Waals surface area contributed by atoms with Crippen LogP contribution in [0.1, 0.15) is 33.5 Å². The number of hydrogen-bond donors (Lipinski definition) is 3. The van der Waals surface area contributed by atoms with Gasteiger partial charge in [0.05, 0.1) is 17.0 Å². The molecule has 4 N–H and O–H groups in total. The number of nitrogen functional groups attached to an aromatic ring is 1. The van der Waals surface area contributed by atoms with Gasteiger partial charge in [-0.25, -0.2) is 13.4 Å². The van der Waals surface area contributed by atoms with Gasteiger partial charge in [-0.05, 0) is 67.3 Å². The van der Waals surface area contributed by atoms with E-state index in [4.69, 9.17) is 10.5 Å². The Bertz CT molecular complexity index is 1590. The molecule has 4 rings (SSSR count). The fourth-order valence-electron chi connectivity index (χ4n) is 4.12. The summed E-state index contributed by atoms with van der Waals surface area (Å²) in [7, 11) is -3.90. The topological polar surface area (TPSA) is 123 Å². The maximum atomic E-state index is 13.3. The lowest BCUT2D eigenvalue weighted by Gasteiger charge is -2.19. The molecule has 1 heterocycles. The average Bonchev–Trinajstić information content (AvgIpc) is 2.90. The Morgan fingerprint density at radius 3 is 2.44 bits per heavy atom. The van der Waals surface area contributed by atoms with Crippen LogP contribution < -0.4 is 20.5 Å². The Balaban J connectivity index is 1.63. The minimum Gasteiger partial charge on any atom is -0.486 e. The third-order valence-electron chi connectivity index (χ3n) is 6.30. The molecular formula is C30H32N4O4S. The highest BCUT2D eigenvalue weighted by molar-refractivity contribution is 7.92. The molecule has 1 aromatic heterocycles. The van der Waals surface area contributed by atoms with Gasteiger partial charge in [0, 0.05) is 17.8 Å². The number of anilines is 2. The summed E-state index contributed by atoms with van der Waals surface area (Å²) in [6.45, 7) is 6.02. The number of carbonyl (C=O) groups excluding carboxylic acids is 1. The number of rotatable bonds is 10. The van der Waals surface area contributed by atoms with Gasteiger partial charge in [0.1, 0.15) is 18.2 Å². The third-order valence-corrected chi connectivity index (χ3v) is 7.66. The second-order valence-electron chi connectivity index (χ2n) is 9.37. The SMILES string of the molecule is Cc1cccc(S(=O)(=O)Nc2ccc(C)c(CC(=O)NCc3ccc(N)nc3C)c2OCc2ccccc2)c1. The molecular weight excluding hydrogens is 512 g/mol. The molecule has 39 heavy (non-hydrogen) atoms. The molecule has 0 radical (unpaired) electrons. The van der Waals surface area contributed by atoms with Crippen molar-refractivity contribution >= 4 is 27.4 Å². The van der Waals surface area contributed by atoms with Crippen molar-refractivity contribution in [3.8, 4) is 5.75 Å². The Hall–Kier alpha value is -4.37. The molecule has 0 atom stereocenters. The molecule has 8 nitrogen and oxygen atoms in total. The van der Waals surface area contributed by atoms with Crippen LogP contribution in [0.4, 0.5) is 11.5 Å². The highest BCUT2D eigenvalue weighted by Crippen LogP contribution is 2.34. The summed E-state index contributed by atoms with van der Waals surface area (Å²) in [5, 5.41) is 2.92. The molecule has 9 heteroatoms. The predicted molar refractivity (Wildman–Crippen MR) is 153 cm³/mol. The van der Waals surface area contributed by atoms with Gasteiger partial charge >= 0.3 is 0 Å². The summed E-state index contributed by atoms with van der Waals surface area (Å²) < 4.78 is 35.4. The number of ether oxygens (including phenoxy) is 1. The summed E-state index contributed by atoms with van der Waals surface area (Å²) in [6, 6.07) is 23.2. The van der Waals surface area contributed by atoms with E-state index in [0.29, 0.717) is 17.1 Å². The maximum absolute atomic E-state index is 13.3. The van der Waals surface area contributed by atoms with Crippen molar-refractivity contribution in [3.05, 3.63) is 112 Å². The van der Waals surface area contributed by atoms with Gasteiger partial charge in [-0.1, -0.05) is 54.6 Å². The lowest BCUT2D eigenvalue weighted by molar-refractivity contribution is -0.120. The van der Waals surface area contributed by atoms with Crippen molar-refractivity contribution in [2.75, 3.05) is 10.5 Å². The summed E-state index contributed by atoms with van der Waals surface area (Å²) in [5.74, 6) is 0.497. The number of benzene rings is 3. The number of aromatic nitrogens is 1. The highest BCUT2D eigenvalue weighted by Gasteiger charge is 2.21. The van der Waals surface area contributed by atoms with Crippen LogP contribution in [-0.4, -0.2) is 19.3 Å². The number of pyridine rings is 1. The zero-order chi connectivity index (χ0) is 28.0. The first-order valence-corrected chi connectivity index (χ1v) is 14.0. The van der Waals surface area contributed by atoms with Crippen LogP contribution in [0, 0.1) is 20.8 Å². The number of nitrogens with one attached hydrogen (secondary N) is 2. The summed E-state index contributed by atoms with van der Waals surface area (Å²) in [5.41, 5.74) is 10.7. The van der Waals surface area contributed by atoms with Gasteiger partial charge in [0.15, 0.2) is 0 Å². The number of amides is 1. The first-order chi connectivity index (χ1) is 18.6. The fourth-order valence-corrected chi connectivity index (χ4v) is 5.29. The predicted octanol–water partition coefficient (Wildman–Crippen LogP) is 4.83. The number of nitrogens with zero attached hydrogens (tertiary/aromatic N) is 1. The molecule has 3 aromatic carbocycles. The fraction of sp³-hybridized carbons (Fsp3) is 0.200. The van der Waals surface area contributed by atoms with E-state index in [2.05, 4.69) is 15.0 Å². The lowest BCUT2D eigenvalue weighted by Crippen LogP contribution is -2.26. The second kappa shape index (κ2) is 12.0. The van der Waals surface area contributed by atoms with Crippen LogP contribution in [0.3, 0.4) is 0 Å². The van der Waals surface area contributed by atoms with E-state index in [9.17, 15) is 13.2 Å². The molecule has 202 valence electrons. The van der Waals surface area contributed by atoms with Crippen molar-refractivity contribution in [2.24, 2.45) is 0 Å². The number of sulfonamides is 1. The van der Waals surface area contributed by atoms with E-state index in [-0.39, 0.29) is 36.1 Å². The van der Waals surface area contributed by atoms with Gasteiger partial charge in [0.25, 0.3) is 10.0 Å². The molecule has 0 saturated carbocycles. The van der Waals surface area contributed by atoms with Crippen molar-refractivity contribution in [3.63, 3.8) is 0 Å². The molecule has 0 aliphatic carbocycles. The Morgan fingerprint density at radius 2 is 1.72 bits per heavy atom. The van der Waals surface area contributed by atoms with E-state index < -0.39 is 10.0 Å². The molecule has 0 saturated heterocycles. The first kappa shape index (κ1) is 27.7. The Morgan fingerprint density at radius 1 is 0.949 bits per heavy atom. The zero-order valence-electron chi connectivity index (χ0n) is 22.2. The van der Waals surface area contributed by atoms with Crippen molar-refractivity contribution in [1.29, 1.82) is 0 Å². The van der Waals surface area contributed by atoms with E-state index in [1.807, 2.05) is 63.2 Å². The molecule has 0 aliphatic rings. The normalized spacial score (nSPS) is 11.2. The zero-order valence-corrected chi connectivity index (χ0v) is 23.0. The van der Waals surface area contributed by atoms with E-state index >= 15 is 0 Å². The second-order valence-corrected chi connectivity index (χ2v) is 11.1. The average molecular weight is 545 g/mol. The van der Waals surface area contributed by atoms with Crippen molar-refractivity contribution < 1.29 is 17.9 Å². The Labute approximate surface area is 229 Å². The van der Waals surface area contributed by atoms with Crippen LogP contribution in [0.15, 0.2) is 83.8 Å². The number of hydrogen-bond acceptors (Lipinski definition) is 6. The molecule has 4 aromatic rings. The van der Waals surface area contributed by atoms with Gasteiger partial charge < -0.3 is 15.8 Å². The Kier molecular flexibility index (Phi) is 8.51. The lowest BCUT2D eigenvalue weighted by atomic mass is 10.0. The van der Waals surface area contributed by atoms with Crippen LogP contribution in [-0.2, 0) is 34.4 Å². The summed E-state index contributed by atoms with van der Waals surface area (Å²) in [6.07, 6.45) is -0.00256. The minimum atomic E-state index is -3.90. The molecule has 0 bridgehead atoms. The summed E-state index contributed by atoms with van der Waals surface area (Å²) in [4.78, 5) is 17.4. The van der Waals surface area contributed by atoms with E-state index in [1.54, 1.807) is 30.3 Å². The smallest absolute Gasteiger partial charge is 0.262 e. The molecule has 0 spiro atoms. The van der Waals surface area contributed by atoms with E-state index in [1.165, 1.54) is 6.07 Å². The van der Waals surface area contributed by atoms with Gasteiger partial charge in [-0.15, -0.1) is 0 Å². The van der Waals surface area contributed by atoms with Crippen LogP contribution >= 0.6 is 0 Å². The van der Waals surface area contributed by atoms with Gasteiger partial charge in [0.2, 0.25) is 5.91 Å². The minimum absolute atomic E-state index is 0.00256. The number of carbonyl (C=O) groups is 1. The van der Waals surface area contributed by atoms with Crippen LogP contribution in [0.25, 0.3) is 0 Å². The van der Waals surface area contributed by atoms with Crippen LogP contribution in [0.5, 0.6) is 5.75 Å². The molecule has 1 amide bonds. The third kappa shape index (κ3) is 7.14. The van der Waals surface area contributed by atoms with Crippen molar-refractivity contribution in [1.82, 2.24) is 10.3 Å². The van der Waals surface area contributed by atoms with Gasteiger partial charge in [-0.2, -0.15) is 0 Å². The number of aryl methyl sites for hydroxylation is 3. The van der Waals surface area contributed by atoms with Gasteiger partial charge in [-0.3, -0.25) is 9.52 Å². The van der Waals surface area contributed by atoms with Crippen LogP contribution in [0.2, 0.25) is 0 Å². The first-order valence-electron chi connectivity index (χ1n) is 12.5. The molecule has 0 fully saturated rings. The summed E-state index contributed by atoms with van der Waals surface area (Å²) >= 11 is 0.